The van der Waals surface area contributed by atoms with Crippen molar-refractivity contribution in [1.29, 1.82) is 0 Å². The first-order chi connectivity index (χ1) is 21.5. The molecule has 0 aliphatic carbocycles. The smallest absolute Gasteiger partial charge is 0.258 e. The molecule has 0 bridgehead atoms. The number of hydrazine groups is 1. The summed E-state index contributed by atoms with van der Waals surface area (Å²) >= 11 is 0. The van der Waals surface area contributed by atoms with Gasteiger partial charge >= 0.3 is 0 Å². The molecule has 2 fully saturated rings. The number of nitrogens with one attached hydrogen (secondary N) is 3. The maximum absolute atomic E-state index is 13.8. The fourth-order valence-electron chi connectivity index (χ4n) is 6.20. The van der Waals surface area contributed by atoms with Crippen LogP contribution in [0.3, 0.4) is 0 Å². The van der Waals surface area contributed by atoms with E-state index in [-0.39, 0.29) is 35.8 Å². The minimum Gasteiger partial charge on any atom is -0.381 e. The number of likely N-dealkylation sites (tertiary alicyclic amines) is 1. The van der Waals surface area contributed by atoms with Crippen LogP contribution in [0.4, 0.5) is 0 Å². The summed E-state index contributed by atoms with van der Waals surface area (Å²) < 4.78 is 5.51. The zero-order valence-corrected chi connectivity index (χ0v) is 27.7. The summed E-state index contributed by atoms with van der Waals surface area (Å²) in [5.74, 6) is -1.75. The first-order valence-corrected chi connectivity index (χ1v) is 16.4. The van der Waals surface area contributed by atoms with E-state index < -0.39 is 30.0 Å². The Morgan fingerprint density at radius 2 is 1.78 bits per heavy atom. The number of hydrogen-bond donors (Lipinski definition) is 3. The minimum absolute atomic E-state index is 0.0166. The van der Waals surface area contributed by atoms with Gasteiger partial charge in [-0.25, -0.2) is 5.43 Å². The number of allylic oxidation sites excluding steroid dienone is 1. The molecule has 3 N–H and O–H groups in total. The highest BCUT2D eigenvalue weighted by Gasteiger charge is 2.37. The maximum atomic E-state index is 13.8. The number of rotatable bonds is 14. The predicted molar refractivity (Wildman–Crippen MR) is 176 cm³/mol. The van der Waals surface area contributed by atoms with Gasteiger partial charge in [0.05, 0.1) is 18.1 Å². The Balaban J connectivity index is 1.62. The zero-order valence-electron chi connectivity index (χ0n) is 27.7. The lowest BCUT2D eigenvalue weighted by Gasteiger charge is -2.41. The van der Waals surface area contributed by atoms with Gasteiger partial charge in [-0.2, -0.15) is 0 Å². The van der Waals surface area contributed by atoms with Gasteiger partial charge in [0.15, 0.2) is 0 Å². The number of methoxy groups -OCH3 is 1. The third kappa shape index (κ3) is 9.50. The van der Waals surface area contributed by atoms with Crippen molar-refractivity contribution < 1.29 is 23.9 Å². The number of carbonyl (C=O) groups is 4. The Morgan fingerprint density at radius 1 is 1.02 bits per heavy atom. The van der Waals surface area contributed by atoms with Gasteiger partial charge in [-0.3, -0.25) is 24.2 Å². The Kier molecular flexibility index (Phi) is 13.8. The third-order valence-corrected chi connectivity index (χ3v) is 8.97. The molecule has 10 nitrogen and oxygen atoms in total. The second kappa shape index (κ2) is 17.3. The van der Waals surface area contributed by atoms with Gasteiger partial charge in [0, 0.05) is 20.2 Å². The Morgan fingerprint density at radius 3 is 2.44 bits per heavy atom. The van der Waals surface area contributed by atoms with Crippen molar-refractivity contribution in [3.8, 4) is 0 Å². The average molecular weight is 624 g/mol. The average Bonchev–Trinajstić information content (AvgIpc) is 3.06. The number of hydrogen-bond acceptors (Lipinski definition) is 6. The summed E-state index contributed by atoms with van der Waals surface area (Å²) in [6, 6.07) is 5.89. The molecule has 2 unspecified atom stereocenters. The molecular formula is C35H53N5O5. The first-order valence-electron chi connectivity index (χ1n) is 16.4. The van der Waals surface area contributed by atoms with E-state index in [4.69, 9.17) is 4.74 Å². The predicted octanol–water partition coefficient (Wildman–Crippen LogP) is 4.14. The summed E-state index contributed by atoms with van der Waals surface area (Å²) in [5.41, 5.74) is 5.28. The van der Waals surface area contributed by atoms with Crippen LogP contribution in [0.1, 0.15) is 89.8 Å². The molecule has 1 aromatic rings. The van der Waals surface area contributed by atoms with Crippen molar-refractivity contribution in [3.05, 3.63) is 54.6 Å². The second-order valence-electron chi connectivity index (χ2n) is 12.6. The van der Waals surface area contributed by atoms with Crippen molar-refractivity contribution in [2.24, 2.45) is 11.8 Å². The standard InChI is InChI=1S/C35H53N5O5/c1-8-10-19-30(45-7)24(5)32(41)37-31(23(3)4)33(42)36-25(6)34(43)40-21-14-17-28(38-40)35(44)39-20-12-11-18-29(39)27-16-13-15-26(9-2)22-27/h8-9,13,15-16,22-25,28-31,38H,1-2,10-12,14,17-21H2,3-7H3,(H,36,42)(H,37,41)/t24-,25+,28+,29?,30?,31+/m1/s1. The van der Waals surface area contributed by atoms with Crippen LogP contribution in [0.15, 0.2) is 43.5 Å². The van der Waals surface area contributed by atoms with E-state index in [1.165, 1.54) is 5.01 Å². The molecule has 45 heavy (non-hydrogen) atoms. The van der Waals surface area contributed by atoms with Crippen molar-refractivity contribution in [2.45, 2.75) is 103 Å². The lowest BCUT2D eigenvalue weighted by atomic mass is 9.93. The summed E-state index contributed by atoms with van der Waals surface area (Å²) in [6.45, 7) is 15.8. The highest BCUT2D eigenvalue weighted by Crippen LogP contribution is 2.32. The van der Waals surface area contributed by atoms with Crippen LogP contribution in [-0.4, -0.2) is 78.0 Å². The van der Waals surface area contributed by atoms with Gasteiger partial charge in [0.25, 0.3) is 5.91 Å². The van der Waals surface area contributed by atoms with Crippen LogP contribution >= 0.6 is 0 Å². The van der Waals surface area contributed by atoms with Gasteiger partial charge in [0.1, 0.15) is 18.1 Å². The number of benzene rings is 1. The van der Waals surface area contributed by atoms with E-state index in [9.17, 15) is 19.2 Å². The molecule has 4 amide bonds. The molecule has 3 rings (SSSR count). The van der Waals surface area contributed by atoms with Gasteiger partial charge in [-0.05, 0) is 75.0 Å². The van der Waals surface area contributed by atoms with Crippen LogP contribution in [0, 0.1) is 11.8 Å². The topological polar surface area (TPSA) is 120 Å². The number of piperidine rings is 1. The van der Waals surface area contributed by atoms with E-state index in [1.54, 1.807) is 27.0 Å². The highest BCUT2D eigenvalue weighted by molar-refractivity contribution is 5.92. The van der Waals surface area contributed by atoms with Crippen LogP contribution in [0.5, 0.6) is 0 Å². The first kappa shape index (κ1) is 36.0. The lowest BCUT2D eigenvalue weighted by molar-refractivity contribution is -0.147. The van der Waals surface area contributed by atoms with Crippen molar-refractivity contribution in [3.63, 3.8) is 0 Å². The third-order valence-electron chi connectivity index (χ3n) is 8.97. The fraction of sp³-hybridized carbons (Fsp3) is 0.600. The number of carbonyl (C=O) groups excluding carboxylic acids is 4. The molecule has 2 aliphatic rings. The summed E-state index contributed by atoms with van der Waals surface area (Å²) in [5, 5.41) is 7.12. The molecule has 0 aromatic heterocycles. The molecule has 248 valence electrons. The summed E-state index contributed by atoms with van der Waals surface area (Å²) in [6.07, 6.45) is 8.79. The molecule has 2 saturated heterocycles. The Labute approximate surface area is 269 Å². The monoisotopic (exact) mass is 623 g/mol. The molecule has 0 radical (unpaired) electrons. The SMILES string of the molecule is C=CCCC(OC)[C@@H](C)C(=O)N[C@H](C(=O)N[C@@H](C)C(=O)N1CCC[C@@H](C(=O)N2CCCCC2c2cccc(C=C)c2)N1)C(C)C. The molecule has 10 heteroatoms. The lowest BCUT2D eigenvalue weighted by Crippen LogP contribution is -2.62. The second-order valence-corrected chi connectivity index (χ2v) is 12.6. The van der Waals surface area contributed by atoms with E-state index in [2.05, 4.69) is 41.3 Å². The van der Waals surface area contributed by atoms with Crippen LogP contribution in [-0.2, 0) is 23.9 Å². The van der Waals surface area contributed by atoms with E-state index >= 15 is 0 Å². The van der Waals surface area contributed by atoms with Gasteiger partial charge in [-0.15, -0.1) is 6.58 Å². The minimum atomic E-state index is -0.863. The number of amides is 4. The number of nitrogens with zero attached hydrogens (tertiary/aromatic N) is 2. The largest absolute Gasteiger partial charge is 0.381 e. The van der Waals surface area contributed by atoms with Crippen LogP contribution < -0.4 is 16.1 Å². The maximum Gasteiger partial charge on any atom is 0.258 e. The van der Waals surface area contributed by atoms with E-state index in [0.29, 0.717) is 38.8 Å². The molecule has 0 spiro atoms. The van der Waals surface area contributed by atoms with Crippen molar-refractivity contribution in [1.82, 2.24) is 26.0 Å². The van der Waals surface area contributed by atoms with E-state index in [0.717, 1.165) is 30.4 Å². The normalized spacial score (nSPS) is 21.3. The quantitative estimate of drug-likeness (QED) is 0.268. The van der Waals surface area contributed by atoms with Gasteiger partial charge in [-0.1, -0.05) is 57.7 Å². The summed E-state index contributed by atoms with van der Waals surface area (Å²) in [7, 11) is 1.57. The molecule has 1 aromatic carbocycles. The Hall–Kier alpha value is -3.50. The van der Waals surface area contributed by atoms with Crippen molar-refractivity contribution >= 4 is 29.7 Å². The molecular weight excluding hydrogens is 570 g/mol. The molecule has 2 heterocycles. The Bertz CT molecular complexity index is 1200. The molecule has 6 atom stereocenters. The molecule has 2 aliphatic heterocycles. The highest BCUT2D eigenvalue weighted by atomic mass is 16.5. The van der Waals surface area contributed by atoms with Gasteiger partial charge < -0.3 is 20.3 Å². The van der Waals surface area contributed by atoms with E-state index in [1.807, 2.05) is 37.0 Å². The zero-order chi connectivity index (χ0) is 33.1. The summed E-state index contributed by atoms with van der Waals surface area (Å²) in [4.78, 5) is 55.6. The van der Waals surface area contributed by atoms with Crippen LogP contribution in [0.2, 0.25) is 0 Å². The molecule has 0 saturated carbocycles. The number of ether oxygens (including phenoxy) is 1. The fourth-order valence-corrected chi connectivity index (χ4v) is 6.20. The van der Waals surface area contributed by atoms with Crippen LogP contribution in [0.25, 0.3) is 6.08 Å². The van der Waals surface area contributed by atoms with Crippen molar-refractivity contribution in [2.75, 3.05) is 20.2 Å². The van der Waals surface area contributed by atoms with Gasteiger partial charge in [0.2, 0.25) is 17.7 Å².